The molecule has 0 amide bonds. The Bertz CT molecular complexity index is 935. The lowest BCUT2D eigenvalue weighted by molar-refractivity contribution is -0.858. The van der Waals surface area contributed by atoms with E-state index in [1.54, 1.807) is 0 Å². The third kappa shape index (κ3) is 6.03. The lowest BCUT2D eigenvalue weighted by Gasteiger charge is -2.28. The molecule has 7 heteroatoms. The van der Waals surface area contributed by atoms with Gasteiger partial charge >= 0.3 is 0 Å². The molecule has 1 fully saturated rings. The number of aromatic nitrogens is 1. The van der Waals surface area contributed by atoms with Crippen LogP contribution in [-0.2, 0) is 11.3 Å². The van der Waals surface area contributed by atoms with Crippen LogP contribution in [0.3, 0.4) is 0 Å². The molecule has 0 aliphatic carbocycles. The Kier molecular flexibility index (Phi) is 7.86. The van der Waals surface area contributed by atoms with Crippen molar-refractivity contribution in [3.8, 4) is 0 Å². The van der Waals surface area contributed by atoms with Crippen LogP contribution in [0.4, 0.5) is 0 Å². The van der Waals surface area contributed by atoms with E-state index < -0.39 is 0 Å². The van der Waals surface area contributed by atoms with Gasteiger partial charge in [-0.15, -0.1) is 0 Å². The van der Waals surface area contributed by atoms with Crippen molar-refractivity contribution in [2.75, 3.05) is 40.3 Å². The summed E-state index contributed by atoms with van der Waals surface area (Å²) in [5.74, 6) is 0. The van der Waals surface area contributed by atoms with E-state index >= 15 is 0 Å². The van der Waals surface area contributed by atoms with Crippen LogP contribution >= 0.6 is 12.2 Å². The Hall–Kier alpha value is -1.96. The predicted molar refractivity (Wildman–Crippen MR) is 126 cm³/mol. The van der Waals surface area contributed by atoms with Gasteiger partial charge in [0.2, 0.25) is 0 Å². The van der Waals surface area contributed by atoms with Crippen LogP contribution in [0.1, 0.15) is 36.0 Å². The van der Waals surface area contributed by atoms with Gasteiger partial charge in [0.05, 0.1) is 33.3 Å². The number of hydrogen-bond acceptors (Lipinski definition) is 3. The van der Waals surface area contributed by atoms with Gasteiger partial charge in [0, 0.05) is 42.6 Å². The van der Waals surface area contributed by atoms with Crippen LogP contribution < -0.4 is 15.8 Å². The summed E-state index contributed by atoms with van der Waals surface area (Å²) in [4.78, 5) is 19.4. The van der Waals surface area contributed by atoms with Gasteiger partial charge in [-0.3, -0.25) is 4.79 Å². The first-order chi connectivity index (χ1) is 14.3. The van der Waals surface area contributed by atoms with Crippen molar-refractivity contribution in [1.29, 1.82) is 0 Å². The van der Waals surface area contributed by atoms with Gasteiger partial charge in [-0.25, -0.2) is 0 Å². The molecule has 1 atom stereocenters. The second-order valence-corrected chi connectivity index (χ2v) is 9.11. The van der Waals surface area contributed by atoms with Crippen molar-refractivity contribution in [2.45, 2.75) is 45.8 Å². The Labute approximate surface area is 184 Å². The number of nitrogens with zero attached hydrogens (tertiary/aromatic N) is 1. The molecule has 0 unspecified atom stereocenters. The van der Waals surface area contributed by atoms with Crippen LogP contribution in [0.2, 0.25) is 0 Å². The second-order valence-electron chi connectivity index (χ2n) is 8.72. The Morgan fingerprint density at radius 3 is 2.83 bits per heavy atom. The minimum absolute atomic E-state index is 0.0520. The number of quaternary nitrogens is 1. The number of fused-ring (bicyclic) bond motifs is 1. The van der Waals surface area contributed by atoms with Gasteiger partial charge in [0.25, 0.3) is 5.56 Å². The quantitative estimate of drug-likeness (QED) is 0.437. The van der Waals surface area contributed by atoms with Crippen LogP contribution in [0.5, 0.6) is 0 Å². The molecule has 0 saturated carbocycles. The van der Waals surface area contributed by atoms with Crippen LogP contribution in [0.15, 0.2) is 23.0 Å². The molecular weight excluding hydrogens is 396 g/mol. The van der Waals surface area contributed by atoms with E-state index in [4.69, 9.17) is 17.0 Å². The molecule has 30 heavy (non-hydrogen) atoms. The average Bonchev–Trinajstić information content (AvgIpc) is 3.18. The molecule has 2 heterocycles. The van der Waals surface area contributed by atoms with E-state index in [-0.39, 0.29) is 11.7 Å². The summed E-state index contributed by atoms with van der Waals surface area (Å²) < 4.78 is 5.84. The van der Waals surface area contributed by atoms with E-state index in [1.807, 2.05) is 19.1 Å². The molecule has 164 valence electrons. The first-order valence-electron chi connectivity index (χ1n) is 10.9. The van der Waals surface area contributed by atoms with E-state index in [1.165, 1.54) is 10.5 Å². The molecule has 1 aliphatic rings. The van der Waals surface area contributed by atoms with E-state index in [9.17, 15) is 4.79 Å². The highest BCUT2D eigenvalue weighted by atomic mass is 32.1. The van der Waals surface area contributed by atoms with Gasteiger partial charge < -0.3 is 24.8 Å². The fraction of sp³-hybridized carbons (Fsp3) is 0.565. The molecule has 0 bridgehead atoms. The van der Waals surface area contributed by atoms with Gasteiger partial charge in [0.15, 0.2) is 5.11 Å². The monoisotopic (exact) mass is 431 g/mol. The first kappa shape index (κ1) is 22.7. The molecular formula is C23H35N4O2S+. The van der Waals surface area contributed by atoms with Crippen LogP contribution in [0.25, 0.3) is 10.9 Å². The maximum absolute atomic E-state index is 12.8. The van der Waals surface area contributed by atoms with Crippen molar-refractivity contribution in [3.05, 3.63) is 45.2 Å². The minimum atomic E-state index is -0.0520. The summed E-state index contributed by atoms with van der Waals surface area (Å²) in [7, 11) is 4.30. The largest absolute Gasteiger partial charge is 0.376 e. The van der Waals surface area contributed by atoms with Crippen LogP contribution in [0, 0.1) is 13.8 Å². The summed E-state index contributed by atoms with van der Waals surface area (Å²) in [6, 6.07) is 6.19. The van der Waals surface area contributed by atoms with Crippen molar-refractivity contribution < 1.29 is 9.64 Å². The summed E-state index contributed by atoms with van der Waals surface area (Å²) in [5.41, 5.74) is 3.88. The van der Waals surface area contributed by atoms with Crippen molar-refractivity contribution in [3.63, 3.8) is 0 Å². The number of H-pyrrole nitrogens is 1. The van der Waals surface area contributed by atoms with Gasteiger partial charge in [-0.2, -0.15) is 0 Å². The second kappa shape index (κ2) is 10.4. The molecule has 6 nitrogen and oxygen atoms in total. The maximum atomic E-state index is 12.8. The number of aryl methyl sites for hydroxylation is 2. The number of pyridine rings is 1. The van der Waals surface area contributed by atoms with Crippen LogP contribution in [-0.4, -0.2) is 61.4 Å². The number of aromatic amines is 1. The average molecular weight is 432 g/mol. The minimum Gasteiger partial charge on any atom is -0.376 e. The van der Waals surface area contributed by atoms with Gasteiger partial charge in [0.1, 0.15) is 0 Å². The third-order valence-electron chi connectivity index (χ3n) is 5.62. The van der Waals surface area contributed by atoms with Crippen molar-refractivity contribution in [2.24, 2.45) is 0 Å². The highest BCUT2D eigenvalue weighted by Crippen LogP contribution is 2.20. The number of benzene rings is 1. The van der Waals surface area contributed by atoms with Gasteiger partial charge in [-0.05, 0) is 62.2 Å². The summed E-state index contributed by atoms with van der Waals surface area (Å²) in [6.07, 6.45) is 3.33. The smallest absolute Gasteiger partial charge is 0.253 e. The molecule has 1 aromatic heterocycles. The fourth-order valence-electron chi connectivity index (χ4n) is 4.04. The summed E-state index contributed by atoms with van der Waals surface area (Å²) in [6.45, 7) is 8.03. The van der Waals surface area contributed by atoms with Crippen molar-refractivity contribution >= 4 is 28.2 Å². The van der Waals surface area contributed by atoms with E-state index in [0.29, 0.717) is 18.2 Å². The SMILES string of the molecule is Cc1cc(C)c2cc(CN(C[C@@H]3CCCO3)C(=S)NCCC[NH+](C)C)c(=O)[nH]c2c1. The Balaban J connectivity index is 1.78. The van der Waals surface area contributed by atoms with E-state index in [0.717, 1.165) is 61.0 Å². The van der Waals surface area contributed by atoms with Gasteiger partial charge in [-0.1, -0.05) is 6.07 Å². The Morgan fingerprint density at radius 1 is 1.33 bits per heavy atom. The number of hydrogen-bond donors (Lipinski definition) is 3. The topological polar surface area (TPSA) is 61.8 Å². The molecule has 2 aromatic rings. The molecule has 1 aliphatic heterocycles. The maximum Gasteiger partial charge on any atom is 0.253 e. The molecule has 3 N–H and O–H groups in total. The van der Waals surface area contributed by atoms with E-state index in [2.05, 4.69) is 42.3 Å². The lowest BCUT2D eigenvalue weighted by Crippen LogP contribution is -3.05. The number of rotatable bonds is 8. The lowest BCUT2D eigenvalue weighted by atomic mass is 10.0. The third-order valence-corrected chi connectivity index (χ3v) is 6.02. The number of thiocarbonyl (C=S) groups is 1. The summed E-state index contributed by atoms with van der Waals surface area (Å²) >= 11 is 5.71. The van der Waals surface area contributed by atoms with Crippen molar-refractivity contribution in [1.82, 2.24) is 15.2 Å². The number of nitrogens with one attached hydrogen (secondary N) is 3. The predicted octanol–water partition coefficient (Wildman–Crippen LogP) is 1.54. The first-order valence-corrected chi connectivity index (χ1v) is 11.3. The molecule has 1 aromatic carbocycles. The zero-order valence-corrected chi connectivity index (χ0v) is 19.5. The molecule has 0 spiro atoms. The summed E-state index contributed by atoms with van der Waals surface area (Å²) in [5, 5.41) is 5.16. The number of ether oxygens (including phenoxy) is 1. The normalized spacial score (nSPS) is 16.4. The standard InChI is InChI=1S/C23H34N4O2S/c1-16-11-17(2)20-13-18(22(28)25-21(20)12-16)14-27(15-19-7-5-10-29-19)23(30)24-8-6-9-26(3)4/h11-13,19H,5-10,14-15H2,1-4H3,(H,24,30)(H,25,28)/p+1/t19-/m0/s1. The molecule has 3 rings (SSSR count). The molecule has 1 saturated heterocycles. The fourth-order valence-corrected chi connectivity index (χ4v) is 4.28. The highest BCUT2D eigenvalue weighted by molar-refractivity contribution is 7.80. The molecule has 0 radical (unpaired) electrons. The highest BCUT2D eigenvalue weighted by Gasteiger charge is 2.22. The zero-order chi connectivity index (χ0) is 21.7. The Morgan fingerprint density at radius 2 is 2.13 bits per heavy atom. The zero-order valence-electron chi connectivity index (χ0n) is 18.6.